The largest absolute Gasteiger partial charge is 0.462 e. The predicted octanol–water partition coefficient (Wildman–Crippen LogP) is 4.56. The summed E-state index contributed by atoms with van der Waals surface area (Å²) < 4.78 is 5.41. The molecule has 2 heterocycles. The number of carbonyl (C=O) groups excluding carboxylic acids is 2. The van der Waals surface area contributed by atoms with Gasteiger partial charge in [-0.25, -0.2) is 0 Å². The maximum atomic E-state index is 12.8. The van der Waals surface area contributed by atoms with E-state index in [1.807, 2.05) is 36.9 Å². The van der Waals surface area contributed by atoms with Crippen molar-refractivity contribution in [2.45, 2.75) is 46.1 Å². The highest BCUT2D eigenvalue weighted by Crippen LogP contribution is 2.22. The summed E-state index contributed by atoms with van der Waals surface area (Å²) in [4.78, 5) is 26.9. The lowest BCUT2D eigenvalue weighted by molar-refractivity contribution is -0.111. The molecule has 0 radical (unpaired) electrons. The topological polar surface area (TPSA) is 62.6 Å². The van der Waals surface area contributed by atoms with Gasteiger partial charge in [-0.15, -0.1) is 0 Å². The van der Waals surface area contributed by atoms with Crippen molar-refractivity contribution in [3.8, 4) is 0 Å². The Bertz CT molecular complexity index is 866. The smallest absolute Gasteiger partial charge is 0.254 e. The molecule has 1 aromatic carbocycles. The summed E-state index contributed by atoms with van der Waals surface area (Å²) in [5.74, 6) is 1.26. The van der Waals surface area contributed by atoms with Crippen LogP contribution in [0.25, 0.3) is 6.08 Å². The summed E-state index contributed by atoms with van der Waals surface area (Å²) >= 11 is 0. The first-order valence-corrected chi connectivity index (χ1v) is 9.41. The lowest BCUT2D eigenvalue weighted by Crippen LogP contribution is -2.42. The number of benzene rings is 1. The number of carbonyl (C=O) groups is 2. The quantitative estimate of drug-likeness (QED) is 0.807. The Hall–Kier alpha value is -2.82. The summed E-state index contributed by atoms with van der Waals surface area (Å²) in [6, 6.07) is 9.36. The number of hydrogen-bond acceptors (Lipinski definition) is 3. The van der Waals surface area contributed by atoms with Gasteiger partial charge in [0.05, 0.1) is 0 Å². The fraction of sp³-hybridized carbons (Fsp3) is 0.364. The Morgan fingerprint density at radius 3 is 2.67 bits per heavy atom. The van der Waals surface area contributed by atoms with E-state index in [2.05, 4.69) is 12.2 Å². The van der Waals surface area contributed by atoms with Gasteiger partial charge in [-0.1, -0.05) is 0 Å². The van der Waals surface area contributed by atoms with Gasteiger partial charge in [0.1, 0.15) is 11.5 Å². The third kappa shape index (κ3) is 4.67. The number of furan rings is 1. The van der Waals surface area contributed by atoms with Gasteiger partial charge in [0, 0.05) is 29.9 Å². The Kier molecular flexibility index (Phi) is 5.79. The molecule has 2 amide bonds. The molecule has 5 heteroatoms. The molecule has 3 rings (SSSR count). The van der Waals surface area contributed by atoms with Crippen LogP contribution in [0.5, 0.6) is 0 Å². The Labute approximate surface area is 160 Å². The highest BCUT2D eigenvalue weighted by atomic mass is 16.3. The van der Waals surface area contributed by atoms with Gasteiger partial charge in [0.15, 0.2) is 0 Å². The zero-order valence-corrected chi connectivity index (χ0v) is 16.1. The normalized spacial score (nSPS) is 17.3. The van der Waals surface area contributed by atoms with Crippen molar-refractivity contribution in [3.05, 3.63) is 59.1 Å². The first-order chi connectivity index (χ1) is 12.9. The minimum absolute atomic E-state index is 0.0660. The van der Waals surface area contributed by atoms with Crippen molar-refractivity contribution >= 4 is 23.6 Å². The molecule has 1 aliphatic rings. The standard InChI is InChI=1S/C22H26N2O3/c1-15-14-18(22(26)24-13-5-4-6-16(24)2)8-11-20(15)23-21(25)12-10-19-9-7-17(3)27-19/h7-12,14,16H,4-6,13H2,1-3H3,(H,23,25)/b12-10+. The minimum atomic E-state index is -0.240. The first kappa shape index (κ1) is 19.0. The third-order valence-corrected chi connectivity index (χ3v) is 4.96. The first-order valence-electron chi connectivity index (χ1n) is 9.41. The molecule has 142 valence electrons. The summed E-state index contributed by atoms with van der Waals surface area (Å²) in [6.07, 6.45) is 6.37. The molecule has 0 saturated carbocycles. The van der Waals surface area contributed by atoms with Crippen molar-refractivity contribution < 1.29 is 14.0 Å². The molecule has 5 nitrogen and oxygen atoms in total. The van der Waals surface area contributed by atoms with E-state index in [0.717, 1.165) is 30.7 Å². The Morgan fingerprint density at radius 1 is 1.19 bits per heavy atom. The Balaban J connectivity index is 1.66. The number of hydrogen-bond donors (Lipinski definition) is 1. The van der Waals surface area contributed by atoms with Crippen LogP contribution in [0.3, 0.4) is 0 Å². The maximum absolute atomic E-state index is 12.8. The summed E-state index contributed by atoms with van der Waals surface area (Å²) in [5.41, 5.74) is 2.23. The maximum Gasteiger partial charge on any atom is 0.254 e. The van der Waals surface area contributed by atoms with Crippen LogP contribution in [0.2, 0.25) is 0 Å². The summed E-state index contributed by atoms with van der Waals surface area (Å²) in [7, 11) is 0. The van der Waals surface area contributed by atoms with E-state index in [1.54, 1.807) is 18.2 Å². The molecule has 1 unspecified atom stereocenters. The highest BCUT2D eigenvalue weighted by Gasteiger charge is 2.24. The zero-order valence-electron chi connectivity index (χ0n) is 16.1. The number of nitrogens with one attached hydrogen (secondary N) is 1. The van der Waals surface area contributed by atoms with Crippen LogP contribution in [-0.4, -0.2) is 29.3 Å². The van der Waals surface area contributed by atoms with E-state index in [0.29, 0.717) is 17.0 Å². The second kappa shape index (κ2) is 8.25. The van der Waals surface area contributed by atoms with Crippen molar-refractivity contribution in [2.24, 2.45) is 0 Å². The molecule has 0 bridgehead atoms. The van der Waals surface area contributed by atoms with Crippen molar-refractivity contribution in [2.75, 3.05) is 11.9 Å². The van der Waals surface area contributed by atoms with E-state index in [-0.39, 0.29) is 17.9 Å². The number of likely N-dealkylation sites (tertiary alicyclic amines) is 1. The molecule has 0 spiro atoms. The Morgan fingerprint density at radius 2 is 2.00 bits per heavy atom. The highest BCUT2D eigenvalue weighted by molar-refractivity contribution is 6.02. The van der Waals surface area contributed by atoms with Gasteiger partial charge in [-0.2, -0.15) is 0 Å². The van der Waals surface area contributed by atoms with Gasteiger partial charge < -0.3 is 14.6 Å². The number of aryl methyl sites for hydroxylation is 2. The van der Waals surface area contributed by atoms with Gasteiger partial charge in [-0.05, 0) is 82.0 Å². The van der Waals surface area contributed by atoms with Crippen LogP contribution in [0, 0.1) is 13.8 Å². The lowest BCUT2D eigenvalue weighted by atomic mass is 10.0. The van der Waals surface area contributed by atoms with E-state index in [1.165, 1.54) is 12.5 Å². The second-order valence-corrected chi connectivity index (χ2v) is 7.14. The lowest BCUT2D eigenvalue weighted by Gasteiger charge is -2.33. The zero-order chi connectivity index (χ0) is 19.4. The van der Waals surface area contributed by atoms with Gasteiger partial charge in [0.2, 0.25) is 5.91 Å². The van der Waals surface area contributed by atoms with Crippen LogP contribution in [0.1, 0.15) is 53.6 Å². The molecular formula is C22H26N2O3. The van der Waals surface area contributed by atoms with Crippen LogP contribution in [0.15, 0.2) is 40.8 Å². The molecular weight excluding hydrogens is 340 g/mol. The van der Waals surface area contributed by atoms with E-state index in [4.69, 9.17) is 4.42 Å². The summed E-state index contributed by atoms with van der Waals surface area (Å²) in [5, 5.41) is 2.85. The molecule has 1 fully saturated rings. The monoisotopic (exact) mass is 366 g/mol. The fourth-order valence-corrected chi connectivity index (χ4v) is 3.38. The SMILES string of the molecule is Cc1ccc(/C=C/C(=O)Nc2ccc(C(=O)N3CCCCC3C)cc2C)o1. The molecule has 27 heavy (non-hydrogen) atoms. The van der Waals surface area contributed by atoms with E-state index in [9.17, 15) is 9.59 Å². The number of anilines is 1. The molecule has 1 aliphatic heterocycles. The number of rotatable bonds is 4. The second-order valence-electron chi connectivity index (χ2n) is 7.14. The van der Waals surface area contributed by atoms with Crippen molar-refractivity contribution in [1.29, 1.82) is 0 Å². The molecule has 0 aliphatic carbocycles. The van der Waals surface area contributed by atoms with Gasteiger partial charge in [-0.3, -0.25) is 9.59 Å². The van der Waals surface area contributed by atoms with Gasteiger partial charge >= 0.3 is 0 Å². The minimum Gasteiger partial charge on any atom is -0.462 e. The van der Waals surface area contributed by atoms with E-state index >= 15 is 0 Å². The van der Waals surface area contributed by atoms with E-state index < -0.39 is 0 Å². The summed E-state index contributed by atoms with van der Waals surface area (Å²) in [6.45, 7) is 6.67. The van der Waals surface area contributed by atoms with Crippen LogP contribution in [-0.2, 0) is 4.79 Å². The van der Waals surface area contributed by atoms with Crippen LogP contribution >= 0.6 is 0 Å². The average Bonchev–Trinajstić information content (AvgIpc) is 3.07. The third-order valence-electron chi connectivity index (χ3n) is 4.96. The number of amides is 2. The van der Waals surface area contributed by atoms with Crippen LogP contribution < -0.4 is 5.32 Å². The number of nitrogens with zero attached hydrogens (tertiary/aromatic N) is 1. The predicted molar refractivity (Wildman–Crippen MR) is 107 cm³/mol. The van der Waals surface area contributed by atoms with Gasteiger partial charge in [0.25, 0.3) is 5.91 Å². The molecule has 1 atom stereocenters. The molecule has 1 saturated heterocycles. The average molecular weight is 366 g/mol. The molecule has 1 aromatic heterocycles. The molecule has 1 N–H and O–H groups in total. The van der Waals surface area contributed by atoms with Crippen molar-refractivity contribution in [3.63, 3.8) is 0 Å². The fourth-order valence-electron chi connectivity index (χ4n) is 3.38. The number of piperidine rings is 1. The van der Waals surface area contributed by atoms with Crippen molar-refractivity contribution in [1.82, 2.24) is 4.90 Å². The van der Waals surface area contributed by atoms with Crippen LogP contribution in [0.4, 0.5) is 5.69 Å². The molecule has 2 aromatic rings.